The molecule has 0 atom stereocenters. The van der Waals surface area contributed by atoms with E-state index in [1.54, 1.807) is 0 Å². The molecule has 0 radical (unpaired) electrons. The number of anilines is 1. The molecule has 0 aliphatic rings. The van der Waals surface area contributed by atoms with E-state index in [0.717, 1.165) is 15.3 Å². The van der Waals surface area contributed by atoms with Crippen LogP contribution < -0.4 is 16.6 Å². The maximum Gasteiger partial charge on any atom is 0.350 e. The topological polar surface area (TPSA) is 112 Å². The van der Waals surface area contributed by atoms with E-state index in [0.29, 0.717) is 16.6 Å². The molecular formula is C11H13N5O4S. The molecule has 2 aromatic rings. The van der Waals surface area contributed by atoms with Gasteiger partial charge in [-0.3, -0.25) is 19.5 Å². The van der Waals surface area contributed by atoms with Crippen molar-refractivity contribution >= 4 is 22.2 Å². The van der Waals surface area contributed by atoms with Gasteiger partial charge in [-0.25, -0.2) is 14.3 Å². The molecule has 0 fully saturated rings. The van der Waals surface area contributed by atoms with Crippen molar-refractivity contribution in [1.82, 2.24) is 14.1 Å². The lowest BCUT2D eigenvalue weighted by atomic mass is 10.4. The van der Waals surface area contributed by atoms with Crippen LogP contribution in [0, 0.1) is 10.1 Å². The highest BCUT2D eigenvalue weighted by Gasteiger charge is 2.19. The van der Waals surface area contributed by atoms with Gasteiger partial charge in [-0.05, 0) is 6.92 Å². The number of rotatable bonds is 5. The molecule has 10 heteroatoms. The minimum atomic E-state index is -0.915. The third-order valence-electron chi connectivity index (χ3n) is 2.71. The van der Waals surface area contributed by atoms with Crippen LogP contribution in [0.4, 0.5) is 10.8 Å². The summed E-state index contributed by atoms with van der Waals surface area (Å²) in [5.41, 5.74) is -2.15. The fraction of sp³-hybridized carbons (Fsp3) is 0.364. The molecule has 112 valence electrons. The Balaban J connectivity index is 2.45. The van der Waals surface area contributed by atoms with Crippen LogP contribution in [-0.4, -0.2) is 25.6 Å². The number of aryl methyl sites for hydroxylation is 1. The molecule has 0 bridgehead atoms. The van der Waals surface area contributed by atoms with E-state index in [9.17, 15) is 19.7 Å². The molecule has 0 unspecified atom stereocenters. The van der Waals surface area contributed by atoms with E-state index < -0.39 is 21.9 Å². The molecule has 2 rings (SSSR count). The molecule has 0 saturated carbocycles. The second-order valence-electron chi connectivity index (χ2n) is 4.22. The van der Waals surface area contributed by atoms with Gasteiger partial charge in [-0.1, -0.05) is 0 Å². The summed E-state index contributed by atoms with van der Waals surface area (Å²) in [7, 11) is 1.36. The first kappa shape index (κ1) is 14.9. The normalized spacial score (nSPS) is 10.6. The third-order valence-corrected chi connectivity index (χ3v) is 3.64. The fourth-order valence-electron chi connectivity index (χ4n) is 1.74. The van der Waals surface area contributed by atoms with Gasteiger partial charge in [0.05, 0.1) is 17.7 Å². The van der Waals surface area contributed by atoms with Crippen molar-refractivity contribution < 1.29 is 4.92 Å². The van der Waals surface area contributed by atoms with Crippen LogP contribution in [0.15, 0.2) is 22.0 Å². The Morgan fingerprint density at radius 2 is 2.19 bits per heavy atom. The van der Waals surface area contributed by atoms with Crippen molar-refractivity contribution in [1.29, 1.82) is 0 Å². The molecule has 2 heterocycles. The Bertz CT molecular complexity index is 791. The lowest BCUT2D eigenvalue weighted by Crippen LogP contribution is -2.39. The van der Waals surface area contributed by atoms with E-state index in [1.807, 2.05) is 6.92 Å². The number of hydrogen-bond donors (Lipinski definition) is 1. The molecule has 9 nitrogen and oxygen atoms in total. The smallest absolute Gasteiger partial charge is 0.350 e. The van der Waals surface area contributed by atoms with E-state index in [4.69, 9.17) is 0 Å². The summed E-state index contributed by atoms with van der Waals surface area (Å²) in [5, 5.41) is 14.5. The van der Waals surface area contributed by atoms with Crippen molar-refractivity contribution in [2.75, 3.05) is 11.9 Å². The first-order valence-corrected chi connectivity index (χ1v) is 6.89. The average Bonchev–Trinajstić information content (AvgIpc) is 2.86. The summed E-state index contributed by atoms with van der Waals surface area (Å²) in [5.74, 6) is 0. The summed E-state index contributed by atoms with van der Waals surface area (Å²) >= 11 is 1.29. The first-order valence-electron chi connectivity index (χ1n) is 6.07. The van der Waals surface area contributed by atoms with Crippen LogP contribution in [-0.2, 0) is 13.6 Å². The molecule has 1 N–H and O–H groups in total. The number of hydrogen-bond acceptors (Lipinski definition) is 7. The largest absolute Gasteiger partial charge is 0.362 e. The molecule has 0 aromatic carbocycles. The maximum atomic E-state index is 12.0. The van der Waals surface area contributed by atoms with Crippen molar-refractivity contribution in [2.24, 2.45) is 7.05 Å². The van der Waals surface area contributed by atoms with Gasteiger partial charge >= 0.3 is 16.9 Å². The van der Waals surface area contributed by atoms with Gasteiger partial charge in [0.1, 0.15) is 0 Å². The first-order chi connectivity index (χ1) is 9.93. The molecular weight excluding hydrogens is 298 g/mol. The molecule has 2 aromatic heterocycles. The van der Waals surface area contributed by atoms with E-state index in [-0.39, 0.29) is 6.54 Å². The minimum absolute atomic E-state index is 0.0454. The molecule has 0 amide bonds. The maximum absolute atomic E-state index is 12.0. The lowest BCUT2D eigenvalue weighted by molar-refractivity contribution is -0.387. The van der Waals surface area contributed by atoms with Crippen LogP contribution >= 0.6 is 11.3 Å². The predicted molar refractivity (Wildman–Crippen MR) is 78.0 cm³/mol. The van der Waals surface area contributed by atoms with Gasteiger partial charge in [0.25, 0.3) is 0 Å². The number of nitro groups is 1. The number of nitrogens with one attached hydrogen (secondary N) is 1. The Kier molecular flexibility index (Phi) is 4.17. The lowest BCUT2D eigenvalue weighted by Gasteiger charge is -2.05. The highest BCUT2D eigenvalue weighted by atomic mass is 32.1. The summed E-state index contributed by atoms with van der Waals surface area (Å²) in [4.78, 5) is 38.8. The summed E-state index contributed by atoms with van der Waals surface area (Å²) in [6.45, 7) is 2.57. The number of aromatic nitrogens is 3. The average molecular weight is 311 g/mol. The summed E-state index contributed by atoms with van der Waals surface area (Å²) in [6.07, 6.45) is 2.46. The van der Waals surface area contributed by atoms with Gasteiger partial charge in [0, 0.05) is 24.7 Å². The second-order valence-corrected chi connectivity index (χ2v) is 5.33. The van der Waals surface area contributed by atoms with Gasteiger partial charge < -0.3 is 5.32 Å². The SMILES string of the molecule is CCNc1ncc(Cn2c(=O)c([N+](=O)[O-])cn(C)c2=O)s1. The van der Waals surface area contributed by atoms with Gasteiger partial charge in [0.15, 0.2) is 5.13 Å². The van der Waals surface area contributed by atoms with Crippen molar-refractivity contribution in [2.45, 2.75) is 13.5 Å². The van der Waals surface area contributed by atoms with Crippen molar-refractivity contribution in [3.05, 3.63) is 48.2 Å². The molecule has 0 aliphatic heterocycles. The van der Waals surface area contributed by atoms with E-state index >= 15 is 0 Å². The van der Waals surface area contributed by atoms with Crippen LogP contribution in [0.5, 0.6) is 0 Å². The Hall–Kier alpha value is -2.49. The minimum Gasteiger partial charge on any atom is -0.362 e. The molecule has 0 saturated heterocycles. The standard InChI is InChI=1S/C11H13N5O4S/c1-3-12-10-13-4-7(21-10)5-15-9(17)8(16(19)20)6-14(2)11(15)18/h4,6H,3,5H2,1-2H3,(H,12,13). The van der Waals surface area contributed by atoms with Crippen molar-refractivity contribution in [3.63, 3.8) is 0 Å². The van der Waals surface area contributed by atoms with Crippen LogP contribution in [0.3, 0.4) is 0 Å². The van der Waals surface area contributed by atoms with Gasteiger partial charge in [-0.15, -0.1) is 11.3 Å². The Morgan fingerprint density at radius 1 is 1.48 bits per heavy atom. The summed E-state index contributed by atoms with van der Waals surface area (Å²) in [6, 6.07) is 0. The highest BCUT2D eigenvalue weighted by Crippen LogP contribution is 2.18. The van der Waals surface area contributed by atoms with E-state index in [2.05, 4.69) is 10.3 Å². The van der Waals surface area contributed by atoms with Gasteiger partial charge in [0.2, 0.25) is 0 Å². The Morgan fingerprint density at radius 3 is 2.81 bits per heavy atom. The van der Waals surface area contributed by atoms with Crippen LogP contribution in [0.2, 0.25) is 0 Å². The number of nitrogens with zero attached hydrogens (tertiary/aromatic N) is 4. The fourth-order valence-corrected chi connectivity index (χ4v) is 2.61. The second kappa shape index (κ2) is 5.87. The predicted octanol–water partition coefficient (Wildman–Crippen LogP) is 0.392. The van der Waals surface area contributed by atoms with Crippen LogP contribution in [0.1, 0.15) is 11.8 Å². The third kappa shape index (κ3) is 2.99. The molecule has 21 heavy (non-hydrogen) atoms. The zero-order valence-electron chi connectivity index (χ0n) is 11.4. The summed E-state index contributed by atoms with van der Waals surface area (Å²) < 4.78 is 1.85. The zero-order valence-corrected chi connectivity index (χ0v) is 12.2. The molecule has 0 spiro atoms. The van der Waals surface area contributed by atoms with Crippen molar-refractivity contribution in [3.8, 4) is 0 Å². The van der Waals surface area contributed by atoms with Crippen LogP contribution in [0.25, 0.3) is 0 Å². The monoisotopic (exact) mass is 311 g/mol. The zero-order chi connectivity index (χ0) is 15.6. The van der Waals surface area contributed by atoms with Gasteiger partial charge in [-0.2, -0.15) is 0 Å². The van der Waals surface area contributed by atoms with E-state index in [1.165, 1.54) is 24.6 Å². The highest BCUT2D eigenvalue weighted by molar-refractivity contribution is 7.15. The Labute approximate surface area is 122 Å². The molecule has 0 aliphatic carbocycles. The quantitative estimate of drug-likeness (QED) is 0.631. The number of thiazole rings is 1.